The smallest absolute Gasteiger partial charge is 0.230 e. The molecule has 2 amide bonds. The molecule has 0 aromatic heterocycles. The monoisotopic (exact) mass is 340 g/mol. The first-order valence-electron chi connectivity index (χ1n) is 9.92. The van der Waals surface area contributed by atoms with Crippen molar-refractivity contribution < 1.29 is 9.59 Å². The van der Waals surface area contributed by atoms with Crippen molar-refractivity contribution in [3.63, 3.8) is 0 Å². The van der Waals surface area contributed by atoms with E-state index in [2.05, 4.69) is 12.1 Å². The number of benzene rings is 1. The molecule has 1 aliphatic carbocycles. The van der Waals surface area contributed by atoms with Crippen LogP contribution in [0.2, 0.25) is 0 Å². The highest BCUT2D eigenvalue weighted by atomic mass is 16.2. The van der Waals surface area contributed by atoms with Gasteiger partial charge >= 0.3 is 0 Å². The van der Waals surface area contributed by atoms with E-state index >= 15 is 0 Å². The van der Waals surface area contributed by atoms with Crippen molar-refractivity contribution in [2.24, 2.45) is 11.8 Å². The summed E-state index contributed by atoms with van der Waals surface area (Å²) < 4.78 is 0. The molecule has 0 radical (unpaired) electrons. The Bertz CT molecular complexity index is 643. The summed E-state index contributed by atoms with van der Waals surface area (Å²) in [6.45, 7) is 2.31. The first-order chi connectivity index (χ1) is 12.2. The van der Waals surface area contributed by atoms with E-state index in [1.165, 1.54) is 24.8 Å². The maximum Gasteiger partial charge on any atom is 0.230 e. The van der Waals surface area contributed by atoms with Crippen LogP contribution in [0, 0.1) is 11.8 Å². The van der Waals surface area contributed by atoms with Crippen molar-refractivity contribution >= 4 is 17.5 Å². The summed E-state index contributed by atoms with van der Waals surface area (Å²) in [6, 6.07) is 8.23. The normalized spacial score (nSPS) is 22.1. The molecule has 1 aromatic rings. The zero-order valence-electron chi connectivity index (χ0n) is 15.0. The number of anilines is 1. The van der Waals surface area contributed by atoms with Crippen molar-refractivity contribution in [3.05, 3.63) is 29.8 Å². The molecule has 4 heteroatoms. The molecule has 0 bridgehead atoms. The third-order valence-electron chi connectivity index (χ3n) is 6.26. The number of carbonyl (C=O) groups excluding carboxylic acids is 2. The Morgan fingerprint density at radius 2 is 1.48 bits per heavy atom. The minimum atomic E-state index is 0.0709. The predicted molar refractivity (Wildman–Crippen MR) is 98.4 cm³/mol. The Morgan fingerprint density at radius 1 is 0.800 bits per heavy atom. The minimum Gasteiger partial charge on any atom is -0.342 e. The van der Waals surface area contributed by atoms with Gasteiger partial charge in [0, 0.05) is 37.2 Å². The van der Waals surface area contributed by atoms with Crippen LogP contribution in [0.3, 0.4) is 0 Å². The molecule has 2 fully saturated rings. The molecule has 25 heavy (non-hydrogen) atoms. The number of hydrogen-bond donors (Lipinski definition) is 0. The first kappa shape index (κ1) is 16.6. The average Bonchev–Trinajstić information content (AvgIpc) is 3.12. The SMILES string of the molecule is O=C(C1CCCCC1)N1CCC(C(=O)N2CCc3ccccc32)CC1. The number of likely N-dealkylation sites (tertiary alicyclic amines) is 1. The van der Waals surface area contributed by atoms with Crippen LogP contribution in [0.1, 0.15) is 50.5 Å². The number of carbonyl (C=O) groups is 2. The third kappa shape index (κ3) is 3.31. The number of amides is 2. The van der Waals surface area contributed by atoms with Crippen LogP contribution in [0.25, 0.3) is 0 Å². The molecule has 2 heterocycles. The zero-order chi connectivity index (χ0) is 17.2. The maximum absolute atomic E-state index is 13.0. The van der Waals surface area contributed by atoms with Crippen LogP contribution in [0.4, 0.5) is 5.69 Å². The highest BCUT2D eigenvalue weighted by molar-refractivity contribution is 5.97. The molecule has 1 aromatic carbocycles. The predicted octanol–water partition coefficient (Wildman–Crippen LogP) is 3.39. The molecule has 4 rings (SSSR count). The fraction of sp³-hybridized carbons (Fsp3) is 0.619. The summed E-state index contributed by atoms with van der Waals surface area (Å²) in [4.78, 5) is 29.6. The van der Waals surface area contributed by atoms with E-state index in [1.807, 2.05) is 21.9 Å². The minimum absolute atomic E-state index is 0.0709. The van der Waals surface area contributed by atoms with Gasteiger partial charge in [0.2, 0.25) is 11.8 Å². The molecule has 2 aliphatic heterocycles. The van der Waals surface area contributed by atoms with E-state index in [-0.39, 0.29) is 17.7 Å². The van der Waals surface area contributed by atoms with Gasteiger partial charge in [-0.1, -0.05) is 37.5 Å². The lowest BCUT2D eigenvalue weighted by Crippen LogP contribution is -2.46. The lowest BCUT2D eigenvalue weighted by atomic mass is 9.87. The number of rotatable bonds is 2. The van der Waals surface area contributed by atoms with Gasteiger partial charge in [0.1, 0.15) is 0 Å². The average molecular weight is 340 g/mol. The molecule has 3 aliphatic rings. The fourth-order valence-corrected chi connectivity index (χ4v) is 4.74. The molecule has 4 nitrogen and oxygen atoms in total. The van der Waals surface area contributed by atoms with E-state index in [0.29, 0.717) is 5.91 Å². The number of nitrogens with zero attached hydrogens (tertiary/aromatic N) is 2. The lowest BCUT2D eigenvalue weighted by Gasteiger charge is -2.36. The van der Waals surface area contributed by atoms with Gasteiger partial charge in [-0.2, -0.15) is 0 Å². The van der Waals surface area contributed by atoms with Crippen LogP contribution in [-0.2, 0) is 16.0 Å². The quantitative estimate of drug-likeness (QED) is 0.828. The van der Waals surface area contributed by atoms with E-state index in [1.54, 1.807) is 0 Å². The summed E-state index contributed by atoms with van der Waals surface area (Å²) >= 11 is 0. The van der Waals surface area contributed by atoms with E-state index < -0.39 is 0 Å². The Kier molecular flexibility index (Phi) is 4.78. The third-order valence-corrected chi connectivity index (χ3v) is 6.26. The van der Waals surface area contributed by atoms with E-state index in [9.17, 15) is 9.59 Å². The van der Waals surface area contributed by atoms with Gasteiger partial charge in [-0.3, -0.25) is 9.59 Å². The van der Waals surface area contributed by atoms with Gasteiger partial charge in [0.05, 0.1) is 0 Å². The molecule has 0 spiro atoms. The van der Waals surface area contributed by atoms with Crippen LogP contribution >= 0.6 is 0 Å². The van der Waals surface area contributed by atoms with Gasteiger partial charge in [-0.05, 0) is 43.7 Å². The van der Waals surface area contributed by atoms with Gasteiger partial charge in [-0.25, -0.2) is 0 Å². The number of para-hydroxylation sites is 1. The van der Waals surface area contributed by atoms with Crippen LogP contribution in [0.5, 0.6) is 0 Å². The van der Waals surface area contributed by atoms with Crippen molar-refractivity contribution in [2.45, 2.75) is 51.4 Å². The summed E-state index contributed by atoms with van der Waals surface area (Å²) in [5.41, 5.74) is 2.37. The van der Waals surface area contributed by atoms with Crippen molar-refractivity contribution in [1.82, 2.24) is 4.90 Å². The molecule has 0 atom stereocenters. The highest BCUT2D eigenvalue weighted by Crippen LogP contribution is 2.32. The van der Waals surface area contributed by atoms with Crippen molar-refractivity contribution in [1.29, 1.82) is 0 Å². The summed E-state index contributed by atoms with van der Waals surface area (Å²) in [6.07, 6.45) is 8.37. The number of fused-ring (bicyclic) bond motifs is 1. The zero-order valence-corrected chi connectivity index (χ0v) is 15.0. The topological polar surface area (TPSA) is 40.6 Å². The second-order valence-corrected chi connectivity index (χ2v) is 7.80. The number of hydrogen-bond acceptors (Lipinski definition) is 2. The van der Waals surface area contributed by atoms with Gasteiger partial charge < -0.3 is 9.80 Å². The summed E-state index contributed by atoms with van der Waals surface area (Å²) in [5.74, 6) is 0.917. The number of piperidine rings is 1. The molecule has 134 valence electrons. The molecule has 0 N–H and O–H groups in total. The van der Waals surface area contributed by atoms with E-state index in [0.717, 1.165) is 57.4 Å². The molecule has 1 saturated carbocycles. The van der Waals surface area contributed by atoms with E-state index in [4.69, 9.17) is 0 Å². The molecular formula is C21H28N2O2. The molecular weight excluding hydrogens is 312 g/mol. The molecule has 1 saturated heterocycles. The summed E-state index contributed by atoms with van der Waals surface area (Å²) in [5, 5.41) is 0. The van der Waals surface area contributed by atoms with Crippen LogP contribution < -0.4 is 4.90 Å². The Balaban J connectivity index is 1.34. The largest absolute Gasteiger partial charge is 0.342 e. The summed E-state index contributed by atoms with van der Waals surface area (Å²) in [7, 11) is 0. The highest BCUT2D eigenvalue weighted by Gasteiger charge is 2.34. The standard InChI is InChI=1S/C21H28N2O2/c24-20(17-7-2-1-3-8-17)22-13-10-18(11-14-22)21(25)23-15-12-16-6-4-5-9-19(16)23/h4-6,9,17-18H,1-3,7-8,10-15H2. The second-order valence-electron chi connectivity index (χ2n) is 7.80. The second kappa shape index (κ2) is 7.19. The molecule has 0 unspecified atom stereocenters. The Morgan fingerprint density at radius 3 is 2.24 bits per heavy atom. The van der Waals surface area contributed by atoms with Crippen LogP contribution in [-0.4, -0.2) is 36.3 Å². The Labute approximate surface area is 150 Å². The first-order valence-corrected chi connectivity index (χ1v) is 9.92. The van der Waals surface area contributed by atoms with Crippen molar-refractivity contribution in [2.75, 3.05) is 24.5 Å². The lowest BCUT2D eigenvalue weighted by molar-refractivity contribution is -0.139. The Hall–Kier alpha value is -1.84. The maximum atomic E-state index is 13.0. The van der Waals surface area contributed by atoms with Crippen molar-refractivity contribution in [3.8, 4) is 0 Å². The van der Waals surface area contributed by atoms with Gasteiger partial charge in [-0.15, -0.1) is 0 Å². The van der Waals surface area contributed by atoms with Crippen LogP contribution in [0.15, 0.2) is 24.3 Å². The van der Waals surface area contributed by atoms with Gasteiger partial charge in [0.15, 0.2) is 0 Å². The van der Waals surface area contributed by atoms with Gasteiger partial charge in [0.25, 0.3) is 0 Å². The fourth-order valence-electron chi connectivity index (χ4n) is 4.74.